The van der Waals surface area contributed by atoms with E-state index in [0.29, 0.717) is 5.82 Å². The molecule has 0 aliphatic carbocycles. The van der Waals surface area contributed by atoms with Crippen molar-refractivity contribution in [1.82, 2.24) is 4.98 Å². The minimum atomic E-state index is -0.0185. The second-order valence-electron chi connectivity index (χ2n) is 2.64. The molecule has 4 N–H and O–H groups in total. The molecule has 0 fully saturated rings. The number of nitrogens with two attached hydrogens (primary N) is 2. The van der Waals surface area contributed by atoms with Crippen LogP contribution in [0.1, 0.15) is 24.9 Å². The Balaban J connectivity index is 3.04. The van der Waals surface area contributed by atoms with Gasteiger partial charge in [0.15, 0.2) is 0 Å². The predicted molar refractivity (Wildman–Crippen MR) is 53.6 cm³/mol. The Morgan fingerprint density at radius 1 is 1.67 bits per heavy atom. The number of rotatable bonds is 2. The monoisotopic (exact) mass is 229 g/mol. The highest BCUT2D eigenvalue weighted by atomic mass is 79.9. The molecule has 0 aliphatic rings. The Labute approximate surface area is 80.3 Å². The van der Waals surface area contributed by atoms with E-state index in [9.17, 15) is 0 Å². The second-order valence-corrected chi connectivity index (χ2v) is 3.56. The number of hydrogen-bond donors (Lipinski definition) is 2. The average molecular weight is 230 g/mol. The molecule has 1 atom stereocenters. The van der Waals surface area contributed by atoms with Crippen molar-refractivity contribution in [2.75, 3.05) is 5.73 Å². The van der Waals surface area contributed by atoms with Crippen molar-refractivity contribution in [1.29, 1.82) is 0 Å². The van der Waals surface area contributed by atoms with Gasteiger partial charge in [0.25, 0.3) is 0 Å². The van der Waals surface area contributed by atoms with E-state index in [2.05, 4.69) is 20.9 Å². The Morgan fingerprint density at radius 3 is 2.92 bits per heavy atom. The van der Waals surface area contributed by atoms with Gasteiger partial charge in [-0.25, -0.2) is 4.98 Å². The first-order valence-corrected chi connectivity index (χ1v) is 4.61. The third-order valence-corrected chi connectivity index (χ3v) is 2.19. The quantitative estimate of drug-likeness (QED) is 0.814. The summed E-state index contributed by atoms with van der Waals surface area (Å²) in [6.45, 7) is 2.02. The lowest BCUT2D eigenvalue weighted by Gasteiger charge is -2.11. The Bertz CT molecular complexity index is 275. The molecular formula is C8H12BrN3. The number of anilines is 1. The fraction of sp³-hybridized carbons (Fsp3) is 0.375. The summed E-state index contributed by atoms with van der Waals surface area (Å²) in [5, 5.41) is 0. The Kier molecular flexibility index (Phi) is 3.05. The van der Waals surface area contributed by atoms with E-state index in [1.807, 2.05) is 13.0 Å². The molecule has 1 aromatic rings. The summed E-state index contributed by atoms with van der Waals surface area (Å²) in [5.74, 6) is 0.521. The molecule has 1 rings (SSSR count). The van der Waals surface area contributed by atoms with E-state index in [4.69, 9.17) is 11.5 Å². The van der Waals surface area contributed by atoms with E-state index in [1.54, 1.807) is 6.20 Å². The van der Waals surface area contributed by atoms with Crippen LogP contribution in [0.2, 0.25) is 0 Å². The molecule has 0 saturated carbocycles. The highest BCUT2D eigenvalue weighted by Crippen LogP contribution is 2.22. The molecule has 4 heteroatoms. The molecule has 0 aliphatic heterocycles. The van der Waals surface area contributed by atoms with Crippen LogP contribution in [0.3, 0.4) is 0 Å². The Morgan fingerprint density at radius 2 is 2.33 bits per heavy atom. The van der Waals surface area contributed by atoms with Gasteiger partial charge in [-0.3, -0.25) is 0 Å². The van der Waals surface area contributed by atoms with Crippen molar-refractivity contribution < 1.29 is 0 Å². The molecule has 0 amide bonds. The van der Waals surface area contributed by atoms with Gasteiger partial charge in [-0.15, -0.1) is 0 Å². The number of nitrogens with zero attached hydrogens (tertiary/aromatic N) is 1. The van der Waals surface area contributed by atoms with Crippen LogP contribution >= 0.6 is 15.9 Å². The summed E-state index contributed by atoms with van der Waals surface area (Å²) < 4.78 is 0.913. The summed E-state index contributed by atoms with van der Waals surface area (Å²) in [4.78, 5) is 4.00. The lowest BCUT2D eigenvalue weighted by molar-refractivity contribution is 0.697. The minimum absolute atomic E-state index is 0.0185. The van der Waals surface area contributed by atoms with Crippen molar-refractivity contribution in [2.45, 2.75) is 19.4 Å². The summed E-state index contributed by atoms with van der Waals surface area (Å²) in [7, 11) is 0. The summed E-state index contributed by atoms with van der Waals surface area (Å²) in [6.07, 6.45) is 2.53. The average Bonchev–Trinajstić information content (AvgIpc) is 2.08. The highest BCUT2D eigenvalue weighted by Gasteiger charge is 2.08. The van der Waals surface area contributed by atoms with Gasteiger partial charge in [0.1, 0.15) is 5.82 Å². The minimum Gasteiger partial charge on any atom is -0.383 e. The van der Waals surface area contributed by atoms with Gasteiger partial charge < -0.3 is 11.5 Å². The van der Waals surface area contributed by atoms with Crippen molar-refractivity contribution in [3.05, 3.63) is 22.3 Å². The van der Waals surface area contributed by atoms with Crippen molar-refractivity contribution in [2.24, 2.45) is 5.73 Å². The fourth-order valence-electron chi connectivity index (χ4n) is 0.982. The summed E-state index contributed by atoms with van der Waals surface area (Å²) in [5.41, 5.74) is 12.4. The van der Waals surface area contributed by atoms with Crippen LogP contribution in [-0.2, 0) is 0 Å². The smallest absolute Gasteiger partial charge is 0.128 e. The molecule has 66 valence electrons. The molecule has 0 bridgehead atoms. The molecule has 0 aromatic carbocycles. The highest BCUT2D eigenvalue weighted by molar-refractivity contribution is 9.10. The van der Waals surface area contributed by atoms with Crippen LogP contribution in [0.4, 0.5) is 5.82 Å². The lowest BCUT2D eigenvalue weighted by atomic mass is 10.1. The molecule has 0 saturated heterocycles. The van der Waals surface area contributed by atoms with E-state index in [1.165, 1.54) is 0 Å². The van der Waals surface area contributed by atoms with Crippen LogP contribution in [0.15, 0.2) is 16.7 Å². The maximum Gasteiger partial charge on any atom is 0.128 e. The molecule has 0 radical (unpaired) electrons. The first-order valence-electron chi connectivity index (χ1n) is 3.81. The first kappa shape index (κ1) is 9.48. The van der Waals surface area contributed by atoms with Gasteiger partial charge in [-0.1, -0.05) is 6.92 Å². The SMILES string of the molecule is CC[C@@H](N)c1cc(Br)cnc1N. The van der Waals surface area contributed by atoms with Gasteiger partial charge in [-0.05, 0) is 28.4 Å². The van der Waals surface area contributed by atoms with Crippen LogP contribution in [0, 0.1) is 0 Å². The van der Waals surface area contributed by atoms with Gasteiger partial charge >= 0.3 is 0 Å². The predicted octanol–water partition coefficient (Wildman–Crippen LogP) is 1.84. The fourth-order valence-corrected chi connectivity index (χ4v) is 1.33. The van der Waals surface area contributed by atoms with Crippen LogP contribution in [0.5, 0.6) is 0 Å². The topological polar surface area (TPSA) is 64.9 Å². The van der Waals surface area contributed by atoms with E-state index >= 15 is 0 Å². The number of aromatic nitrogens is 1. The van der Waals surface area contributed by atoms with E-state index in [-0.39, 0.29) is 6.04 Å². The van der Waals surface area contributed by atoms with Gasteiger partial charge in [0, 0.05) is 22.3 Å². The zero-order chi connectivity index (χ0) is 9.14. The lowest BCUT2D eigenvalue weighted by Crippen LogP contribution is -2.12. The maximum atomic E-state index is 5.82. The van der Waals surface area contributed by atoms with Gasteiger partial charge in [0.2, 0.25) is 0 Å². The third-order valence-electron chi connectivity index (χ3n) is 1.76. The molecule has 0 spiro atoms. The van der Waals surface area contributed by atoms with Crippen molar-refractivity contribution in [3.63, 3.8) is 0 Å². The zero-order valence-corrected chi connectivity index (χ0v) is 8.51. The number of nitrogen functional groups attached to an aromatic ring is 1. The van der Waals surface area contributed by atoms with E-state index < -0.39 is 0 Å². The Hall–Kier alpha value is -0.610. The van der Waals surface area contributed by atoms with Gasteiger partial charge in [0.05, 0.1) is 0 Å². The normalized spacial score (nSPS) is 12.9. The first-order chi connectivity index (χ1) is 5.65. The van der Waals surface area contributed by atoms with Crippen LogP contribution < -0.4 is 11.5 Å². The summed E-state index contributed by atoms with van der Waals surface area (Å²) >= 11 is 3.32. The molecule has 3 nitrogen and oxygen atoms in total. The molecule has 12 heavy (non-hydrogen) atoms. The largest absolute Gasteiger partial charge is 0.383 e. The zero-order valence-electron chi connectivity index (χ0n) is 6.92. The second kappa shape index (κ2) is 3.87. The van der Waals surface area contributed by atoms with Crippen molar-refractivity contribution >= 4 is 21.7 Å². The van der Waals surface area contributed by atoms with Gasteiger partial charge in [-0.2, -0.15) is 0 Å². The molecular weight excluding hydrogens is 218 g/mol. The summed E-state index contributed by atoms with van der Waals surface area (Å²) in [6, 6.07) is 1.89. The number of hydrogen-bond acceptors (Lipinski definition) is 3. The van der Waals surface area contributed by atoms with E-state index in [0.717, 1.165) is 16.5 Å². The van der Waals surface area contributed by atoms with Crippen LogP contribution in [-0.4, -0.2) is 4.98 Å². The third kappa shape index (κ3) is 1.95. The number of halogens is 1. The van der Waals surface area contributed by atoms with Crippen LogP contribution in [0.25, 0.3) is 0 Å². The molecule has 1 aromatic heterocycles. The maximum absolute atomic E-state index is 5.82. The molecule has 1 heterocycles. The standard InChI is InChI=1S/C8H12BrN3/c1-2-7(10)6-3-5(9)4-12-8(6)11/h3-4,7H,2,10H2,1H3,(H2,11,12)/t7-/m1/s1. The van der Waals surface area contributed by atoms with Crippen molar-refractivity contribution in [3.8, 4) is 0 Å². The number of pyridine rings is 1. The molecule has 0 unspecified atom stereocenters.